The Morgan fingerprint density at radius 1 is 1.16 bits per heavy atom. The molecule has 1 aromatic heterocycles. The lowest BCUT2D eigenvalue weighted by Crippen LogP contribution is -2.48. The highest BCUT2D eigenvalue weighted by atomic mass is 16.5. The molecule has 1 saturated heterocycles. The van der Waals surface area contributed by atoms with Gasteiger partial charge in [0.15, 0.2) is 6.10 Å². The summed E-state index contributed by atoms with van der Waals surface area (Å²) >= 11 is 0. The number of ether oxygens (including phenoxy) is 1. The number of likely N-dealkylation sites (tertiary alicyclic amines) is 1. The lowest BCUT2D eigenvalue weighted by Gasteiger charge is -2.33. The molecule has 4 rings (SSSR count). The number of benzene rings is 2. The largest absolute Gasteiger partial charge is 0.481 e. The first-order chi connectivity index (χ1) is 15.5. The molecule has 3 aromatic rings. The van der Waals surface area contributed by atoms with Gasteiger partial charge >= 0.3 is 5.63 Å². The second-order valence-corrected chi connectivity index (χ2v) is 8.00. The second kappa shape index (κ2) is 9.26. The summed E-state index contributed by atoms with van der Waals surface area (Å²) in [5, 5.41) is 3.44. The predicted octanol–water partition coefficient (Wildman–Crippen LogP) is 3.21. The van der Waals surface area contributed by atoms with Crippen molar-refractivity contribution in [2.45, 2.75) is 25.9 Å². The van der Waals surface area contributed by atoms with Crippen molar-refractivity contribution in [3.05, 3.63) is 65.0 Å². The van der Waals surface area contributed by atoms with E-state index in [9.17, 15) is 14.4 Å². The van der Waals surface area contributed by atoms with E-state index in [1.54, 1.807) is 31.0 Å². The van der Waals surface area contributed by atoms with Gasteiger partial charge in [-0.25, -0.2) is 4.79 Å². The summed E-state index contributed by atoms with van der Waals surface area (Å²) in [5.74, 6) is 0.0239. The third-order valence-electron chi connectivity index (χ3n) is 5.81. The van der Waals surface area contributed by atoms with E-state index < -0.39 is 11.7 Å². The minimum Gasteiger partial charge on any atom is -0.481 e. The van der Waals surface area contributed by atoms with Crippen molar-refractivity contribution >= 4 is 22.8 Å². The molecule has 0 spiro atoms. The molecule has 1 aliphatic rings. The molecular weight excluding hydrogens is 408 g/mol. The van der Waals surface area contributed by atoms with Crippen molar-refractivity contribution in [2.75, 3.05) is 20.1 Å². The number of amides is 2. The Morgan fingerprint density at radius 3 is 2.69 bits per heavy atom. The van der Waals surface area contributed by atoms with E-state index in [0.29, 0.717) is 24.4 Å². The fraction of sp³-hybridized carbons (Fsp3) is 0.320. The fourth-order valence-electron chi connectivity index (χ4n) is 4.18. The van der Waals surface area contributed by atoms with Gasteiger partial charge in [-0.15, -0.1) is 0 Å². The van der Waals surface area contributed by atoms with Crippen LogP contribution >= 0.6 is 0 Å². The summed E-state index contributed by atoms with van der Waals surface area (Å²) in [5.41, 5.74) is 1.64. The molecule has 0 saturated carbocycles. The van der Waals surface area contributed by atoms with Gasteiger partial charge in [-0.05, 0) is 43.0 Å². The Hall–Kier alpha value is -3.61. The first-order valence-corrected chi connectivity index (χ1v) is 10.8. The molecule has 0 radical (unpaired) electrons. The minimum atomic E-state index is -0.736. The van der Waals surface area contributed by atoms with Crippen LogP contribution in [0.3, 0.4) is 0 Å². The number of carbonyl (C=O) groups is 2. The molecule has 2 atom stereocenters. The predicted molar refractivity (Wildman–Crippen MR) is 121 cm³/mol. The van der Waals surface area contributed by atoms with Crippen molar-refractivity contribution in [1.29, 1.82) is 0 Å². The molecule has 1 N–H and O–H groups in total. The van der Waals surface area contributed by atoms with Crippen LogP contribution in [-0.2, 0) is 9.59 Å². The van der Waals surface area contributed by atoms with Gasteiger partial charge in [-0.3, -0.25) is 9.59 Å². The number of rotatable bonds is 5. The van der Waals surface area contributed by atoms with Gasteiger partial charge in [0.25, 0.3) is 5.91 Å². The molecule has 1 aliphatic heterocycles. The molecule has 0 aliphatic carbocycles. The van der Waals surface area contributed by atoms with E-state index in [4.69, 9.17) is 9.15 Å². The summed E-state index contributed by atoms with van der Waals surface area (Å²) in [7, 11) is 1.61. The highest BCUT2D eigenvalue weighted by molar-refractivity contribution is 5.93. The number of carbonyl (C=O) groups excluding carboxylic acids is 2. The monoisotopic (exact) mass is 434 g/mol. The maximum atomic E-state index is 12.9. The van der Waals surface area contributed by atoms with Gasteiger partial charge in [0, 0.05) is 37.7 Å². The average molecular weight is 434 g/mol. The SMILES string of the molecule is CNC(=O)C1CCCN(C(=O)C(C)Oc2ccc3c(-c4ccccc4)cc(=O)oc3c2)C1. The smallest absolute Gasteiger partial charge is 0.336 e. The van der Waals surface area contributed by atoms with Gasteiger partial charge < -0.3 is 19.4 Å². The van der Waals surface area contributed by atoms with Gasteiger partial charge in [0.1, 0.15) is 11.3 Å². The third kappa shape index (κ3) is 4.51. The summed E-state index contributed by atoms with van der Waals surface area (Å²) in [6, 6.07) is 16.3. The Balaban J connectivity index is 1.53. The molecule has 2 unspecified atom stereocenters. The van der Waals surface area contributed by atoms with E-state index in [1.165, 1.54) is 6.07 Å². The van der Waals surface area contributed by atoms with Crippen LogP contribution in [0.2, 0.25) is 0 Å². The molecule has 2 amide bonds. The highest BCUT2D eigenvalue weighted by Gasteiger charge is 2.30. The topological polar surface area (TPSA) is 88.9 Å². The first-order valence-electron chi connectivity index (χ1n) is 10.8. The third-order valence-corrected chi connectivity index (χ3v) is 5.81. The summed E-state index contributed by atoms with van der Waals surface area (Å²) in [6.07, 6.45) is 0.812. The van der Waals surface area contributed by atoms with Crippen LogP contribution in [0.15, 0.2) is 63.8 Å². The van der Waals surface area contributed by atoms with E-state index in [-0.39, 0.29) is 17.7 Å². The zero-order valence-corrected chi connectivity index (χ0v) is 18.2. The Morgan fingerprint density at radius 2 is 1.94 bits per heavy atom. The normalized spacial score (nSPS) is 17.1. The molecule has 166 valence electrons. The lowest BCUT2D eigenvalue weighted by atomic mass is 9.97. The van der Waals surface area contributed by atoms with Crippen LogP contribution in [0.4, 0.5) is 0 Å². The summed E-state index contributed by atoms with van der Waals surface area (Å²) in [4.78, 5) is 38.7. The van der Waals surface area contributed by atoms with Crippen molar-refractivity contribution in [3.8, 4) is 16.9 Å². The number of hydrogen-bond acceptors (Lipinski definition) is 5. The highest BCUT2D eigenvalue weighted by Crippen LogP contribution is 2.30. The zero-order chi connectivity index (χ0) is 22.7. The standard InChI is InChI=1S/C25H26N2O5/c1-16(25(30)27-12-6-9-18(15-27)24(29)26-2)31-19-10-11-20-21(17-7-4-3-5-8-17)14-23(28)32-22(20)13-19/h3-5,7-8,10-11,13-14,16,18H,6,9,12,15H2,1-2H3,(H,26,29). The van der Waals surface area contributed by atoms with Crippen molar-refractivity contribution in [3.63, 3.8) is 0 Å². The number of nitrogens with one attached hydrogen (secondary N) is 1. The van der Waals surface area contributed by atoms with E-state index >= 15 is 0 Å². The Labute approximate surface area is 186 Å². The molecule has 32 heavy (non-hydrogen) atoms. The van der Waals surface area contributed by atoms with Crippen LogP contribution in [0.5, 0.6) is 5.75 Å². The van der Waals surface area contributed by atoms with Gasteiger partial charge in [-0.2, -0.15) is 0 Å². The van der Waals surface area contributed by atoms with Gasteiger partial charge in [-0.1, -0.05) is 30.3 Å². The number of fused-ring (bicyclic) bond motifs is 1. The van der Waals surface area contributed by atoms with Crippen molar-refractivity contribution in [2.24, 2.45) is 5.92 Å². The van der Waals surface area contributed by atoms with Gasteiger partial charge in [0.2, 0.25) is 5.91 Å². The lowest BCUT2D eigenvalue weighted by molar-refractivity contribution is -0.141. The quantitative estimate of drug-likeness (QED) is 0.623. The van der Waals surface area contributed by atoms with Crippen LogP contribution < -0.4 is 15.7 Å². The van der Waals surface area contributed by atoms with Crippen LogP contribution in [0, 0.1) is 5.92 Å². The number of nitrogens with zero attached hydrogens (tertiary/aromatic N) is 1. The Kier molecular flexibility index (Phi) is 6.25. The number of piperidine rings is 1. The van der Waals surface area contributed by atoms with Crippen molar-refractivity contribution < 1.29 is 18.7 Å². The molecule has 7 nitrogen and oxygen atoms in total. The Bertz CT molecular complexity index is 1190. The van der Waals surface area contributed by atoms with Crippen LogP contribution in [-0.4, -0.2) is 43.0 Å². The minimum absolute atomic E-state index is 0.0464. The number of hydrogen-bond donors (Lipinski definition) is 1. The molecule has 2 aromatic carbocycles. The maximum Gasteiger partial charge on any atom is 0.336 e. The first kappa shape index (κ1) is 21.6. The zero-order valence-electron chi connectivity index (χ0n) is 18.2. The van der Waals surface area contributed by atoms with Crippen molar-refractivity contribution in [1.82, 2.24) is 10.2 Å². The van der Waals surface area contributed by atoms with E-state index in [0.717, 1.165) is 29.4 Å². The maximum absolute atomic E-state index is 12.9. The van der Waals surface area contributed by atoms with E-state index in [2.05, 4.69) is 5.32 Å². The second-order valence-electron chi connectivity index (χ2n) is 8.00. The van der Waals surface area contributed by atoms with Crippen LogP contribution in [0.25, 0.3) is 22.1 Å². The molecule has 1 fully saturated rings. The molecule has 2 heterocycles. The molecule has 7 heteroatoms. The molecular formula is C25H26N2O5. The van der Waals surface area contributed by atoms with E-state index in [1.807, 2.05) is 36.4 Å². The van der Waals surface area contributed by atoms with Gasteiger partial charge in [0.05, 0.1) is 5.92 Å². The molecule has 0 bridgehead atoms. The summed E-state index contributed by atoms with van der Waals surface area (Å²) < 4.78 is 11.3. The fourth-order valence-corrected chi connectivity index (χ4v) is 4.18. The summed E-state index contributed by atoms with van der Waals surface area (Å²) in [6.45, 7) is 2.68. The van der Waals surface area contributed by atoms with Crippen LogP contribution in [0.1, 0.15) is 19.8 Å². The average Bonchev–Trinajstić information content (AvgIpc) is 2.82.